The van der Waals surface area contributed by atoms with E-state index < -0.39 is 0 Å². The lowest BCUT2D eigenvalue weighted by molar-refractivity contribution is -0.134. The molecular weight excluding hydrogens is 482 g/mol. The smallest absolute Gasteiger partial charge is 0.409 e. The second-order valence-electron chi connectivity index (χ2n) is 11.6. The molecule has 1 atom stereocenters. The van der Waals surface area contributed by atoms with Gasteiger partial charge in [-0.2, -0.15) is 5.10 Å². The Kier molecular flexibility index (Phi) is 7.01. The first kappa shape index (κ1) is 25.2. The highest BCUT2D eigenvalue weighted by atomic mass is 16.6. The minimum Gasteiger partial charge on any atom is -0.450 e. The Bertz CT molecular complexity index is 1210. The lowest BCUT2D eigenvalue weighted by atomic mass is 9.83. The Morgan fingerprint density at radius 2 is 1.71 bits per heavy atom. The van der Waals surface area contributed by atoms with E-state index >= 15 is 0 Å². The van der Waals surface area contributed by atoms with E-state index in [9.17, 15) is 14.4 Å². The molecule has 1 aliphatic carbocycles. The maximum atomic E-state index is 12.6. The molecule has 0 spiro atoms. The van der Waals surface area contributed by atoms with Crippen molar-refractivity contribution in [1.29, 1.82) is 0 Å². The molecule has 9 heteroatoms. The van der Waals surface area contributed by atoms with Crippen LogP contribution >= 0.6 is 0 Å². The van der Waals surface area contributed by atoms with Crippen LogP contribution in [0.15, 0.2) is 18.2 Å². The number of imide groups is 1. The Balaban J connectivity index is 1.09. The molecule has 1 aromatic carbocycles. The van der Waals surface area contributed by atoms with Crippen LogP contribution in [0.5, 0.6) is 0 Å². The summed E-state index contributed by atoms with van der Waals surface area (Å²) in [4.78, 5) is 40.6. The van der Waals surface area contributed by atoms with Crippen molar-refractivity contribution in [3.05, 3.63) is 23.9 Å². The number of hydrogen-bond acceptors (Lipinski definition) is 6. The van der Waals surface area contributed by atoms with E-state index in [1.54, 1.807) is 0 Å². The fourth-order valence-electron chi connectivity index (χ4n) is 6.62. The maximum absolute atomic E-state index is 12.6. The number of rotatable bonds is 6. The summed E-state index contributed by atoms with van der Waals surface area (Å²) in [7, 11) is 0. The van der Waals surface area contributed by atoms with E-state index in [1.165, 1.54) is 24.9 Å². The van der Waals surface area contributed by atoms with Gasteiger partial charge in [0, 0.05) is 43.7 Å². The first-order valence-corrected chi connectivity index (χ1v) is 14.5. The second-order valence-corrected chi connectivity index (χ2v) is 11.6. The molecule has 0 radical (unpaired) electrons. The number of nitrogens with zero attached hydrogens (tertiary/aromatic N) is 4. The van der Waals surface area contributed by atoms with Crippen molar-refractivity contribution >= 4 is 34.5 Å². The lowest BCUT2D eigenvalue weighted by Crippen LogP contribution is -2.40. The van der Waals surface area contributed by atoms with E-state index in [-0.39, 0.29) is 23.8 Å². The number of ether oxygens (including phenoxy) is 1. The molecule has 3 aliphatic heterocycles. The van der Waals surface area contributed by atoms with Gasteiger partial charge >= 0.3 is 6.09 Å². The Hall–Kier alpha value is -3.10. The van der Waals surface area contributed by atoms with E-state index in [1.807, 2.05) is 11.8 Å². The number of likely N-dealkylation sites (tertiary alicyclic amines) is 1. The van der Waals surface area contributed by atoms with Gasteiger partial charge in [0.1, 0.15) is 0 Å². The Morgan fingerprint density at radius 1 is 1.00 bits per heavy atom. The number of carbonyl (C=O) groups excluding carboxylic acids is 3. The molecule has 0 bridgehead atoms. The molecule has 4 aliphatic rings. The summed E-state index contributed by atoms with van der Waals surface area (Å²) in [5.74, 6) is 0.671. The van der Waals surface area contributed by atoms with Gasteiger partial charge in [-0.25, -0.2) is 4.79 Å². The Morgan fingerprint density at radius 3 is 2.37 bits per heavy atom. The standard InChI is InChI=1S/C29H39N5O4/c1-2-38-29(37)33-15-11-20(12-16-33)17-19-9-13-32(14-10-19)22-5-6-23-25(18-22)34(21-3-4-21)31-27(23)24-7-8-26(35)30-28(24)36/h5-6,18-21,24H,2-4,7-17H2,1H3,(H,30,35,36). The van der Waals surface area contributed by atoms with Crippen LogP contribution in [0, 0.1) is 11.8 Å². The van der Waals surface area contributed by atoms with Gasteiger partial charge in [0.2, 0.25) is 11.8 Å². The largest absolute Gasteiger partial charge is 0.450 e. The SMILES string of the molecule is CCOC(=O)N1CCC(CC2CCN(c3ccc4c(C5CCC(=O)NC5=O)nn(C5CC5)c4c3)CC2)CC1. The van der Waals surface area contributed by atoms with Gasteiger partial charge in [0.15, 0.2) is 0 Å². The zero-order valence-corrected chi connectivity index (χ0v) is 22.4. The van der Waals surface area contributed by atoms with Crippen molar-refractivity contribution in [2.24, 2.45) is 11.8 Å². The average Bonchev–Trinajstić information content (AvgIpc) is 3.70. The number of fused-ring (bicyclic) bond motifs is 1. The van der Waals surface area contributed by atoms with Crippen LogP contribution in [0.4, 0.5) is 10.5 Å². The van der Waals surface area contributed by atoms with Gasteiger partial charge < -0.3 is 14.5 Å². The Labute approximate surface area is 223 Å². The highest BCUT2D eigenvalue weighted by Gasteiger charge is 2.35. The molecule has 3 saturated heterocycles. The van der Waals surface area contributed by atoms with Crippen molar-refractivity contribution in [2.45, 2.75) is 76.7 Å². The molecule has 4 fully saturated rings. The van der Waals surface area contributed by atoms with Gasteiger partial charge in [-0.3, -0.25) is 19.6 Å². The second kappa shape index (κ2) is 10.6. The fraction of sp³-hybridized carbons (Fsp3) is 0.655. The highest BCUT2D eigenvalue weighted by molar-refractivity contribution is 6.02. The van der Waals surface area contributed by atoms with Crippen molar-refractivity contribution < 1.29 is 19.1 Å². The number of piperidine rings is 3. The van der Waals surface area contributed by atoms with Crippen LogP contribution in [0.3, 0.4) is 0 Å². The minimum atomic E-state index is -0.360. The monoisotopic (exact) mass is 521 g/mol. The maximum Gasteiger partial charge on any atom is 0.409 e. The van der Waals surface area contributed by atoms with E-state index in [0.29, 0.717) is 31.4 Å². The molecule has 1 unspecified atom stereocenters. The summed E-state index contributed by atoms with van der Waals surface area (Å²) in [6, 6.07) is 7.00. The molecule has 1 aromatic heterocycles. The third-order valence-electron chi connectivity index (χ3n) is 8.97. The van der Waals surface area contributed by atoms with Crippen LogP contribution in [0.2, 0.25) is 0 Å². The molecule has 3 amide bonds. The molecule has 1 N–H and O–H groups in total. The number of anilines is 1. The quantitative estimate of drug-likeness (QED) is 0.567. The van der Waals surface area contributed by atoms with Crippen LogP contribution in [0.25, 0.3) is 10.9 Å². The third kappa shape index (κ3) is 5.12. The van der Waals surface area contributed by atoms with Gasteiger partial charge in [0.05, 0.1) is 29.8 Å². The average molecular weight is 522 g/mol. The number of hydrogen-bond donors (Lipinski definition) is 1. The molecule has 204 valence electrons. The van der Waals surface area contributed by atoms with Crippen LogP contribution in [-0.2, 0) is 14.3 Å². The van der Waals surface area contributed by atoms with E-state index in [4.69, 9.17) is 9.84 Å². The van der Waals surface area contributed by atoms with Crippen LogP contribution in [-0.4, -0.2) is 65.4 Å². The predicted molar refractivity (Wildman–Crippen MR) is 144 cm³/mol. The summed E-state index contributed by atoms with van der Waals surface area (Å²) in [6.07, 6.45) is 8.78. The number of aromatic nitrogens is 2. The van der Waals surface area contributed by atoms with Gasteiger partial charge in [-0.15, -0.1) is 0 Å². The first-order valence-electron chi connectivity index (χ1n) is 14.5. The molecule has 6 rings (SSSR count). The van der Waals surface area contributed by atoms with Crippen molar-refractivity contribution in [3.8, 4) is 0 Å². The topological polar surface area (TPSA) is 96.8 Å². The molecule has 4 heterocycles. The zero-order chi connectivity index (χ0) is 26.2. The van der Waals surface area contributed by atoms with Gasteiger partial charge in [-0.05, 0) is 88.3 Å². The summed E-state index contributed by atoms with van der Waals surface area (Å²) >= 11 is 0. The van der Waals surface area contributed by atoms with Gasteiger partial charge in [0.25, 0.3) is 0 Å². The summed E-state index contributed by atoms with van der Waals surface area (Å²) in [5.41, 5.74) is 3.16. The van der Waals surface area contributed by atoms with Crippen molar-refractivity contribution in [3.63, 3.8) is 0 Å². The van der Waals surface area contributed by atoms with Crippen molar-refractivity contribution in [2.75, 3.05) is 37.7 Å². The molecule has 38 heavy (non-hydrogen) atoms. The van der Waals surface area contributed by atoms with E-state index in [0.717, 1.165) is 74.4 Å². The molecule has 9 nitrogen and oxygen atoms in total. The highest BCUT2D eigenvalue weighted by Crippen LogP contribution is 2.41. The summed E-state index contributed by atoms with van der Waals surface area (Å²) < 4.78 is 7.29. The van der Waals surface area contributed by atoms with Crippen LogP contribution < -0.4 is 10.2 Å². The molecule has 2 aromatic rings. The van der Waals surface area contributed by atoms with Crippen LogP contribution in [0.1, 0.15) is 82.4 Å². The normalized spacial score (nSPS) is 23.7. The number of nitrogens with one attached hydrogen (secondary N) is 1. The predicted octanol–water partition coefficient (Wildman–Crippen LogP) is 4.37. The lowest BCUT2D eigenvalue weighted by Gasteiger charge is -2.37. The third-order valence-corrected chi connectivity index (χ3v) is 8.97. The molecular formula is C29H39N5O4. The minimum absolute atomic E-state index is 0.163. The zero-order valence-electron chi connectivity index (χ0n) is 22.4. The van der Waals surface area contributed by atoms with E-state index in [2.05, 4.69) is 33.1 Å². The van der Waals surface area contributed by atoms with Crippen molar-refractivity contribution in [1.82, 2.24) is 20.0 Å². The molecule has 1 saturated carbocycles. The summed E-state index contributed by atoms with van der Waals surface area (Å²) in [6.45, 7) is 6.03. The summed E-state index contributed by atoms with van der Waals surface area (Å²) in [5, 5.41) is 8.47. The number of amides is 3. The number of benzene rings is 1. The number of carbonyl (C=O) groups is 3. The fourth-order valence-corrected chi connectivity index (χ4v) is 6.62. The van der Waals surface area contributed by atoms with Gasteiger partial charge in [-0.1, -0.05) is 0 Å². The first-order chi connectivity index (χ1) is 18.5.